The molecule has 2 aromatic rings. The molecule has 25 heavy (non-hydrogen) atoms. The highest BCUT2D eigenvalue weighted by Gasteiger charge is 2.28. The highest BCUT2D eigenvalue weighted by atomic mass is 16.6. The average Bonchev–Trinajstić information content (AvgIpc) is 2.62. The summed E-state index contributed by atoms with van der Waals surface area (Å²) in [7, 11) is 0. The van der Waals surface area contributed by atoms with Crippen LogP contribution in [0.25, 0.3) is 0 Å². The molecule has 7 nitrogen and oxygen atoms in total. The number of carbonyl (C=O) groups is 2. The summed E-state index contributed by atoms with van der Waals surface area (Å²) in [6.07, 6.45) is -0.206. The fraction of sp³-hybridized carbons (Fsp3) is 0.222. The Morgan fingerprint density at radius 2 is 1.80 bits per heavy atom. The van der Waals surface area contributed by atoms with Gasteiger partial charge in [0.25, 0.3) is 5.91 Å². The number of hydrogen-bond acceptors (Lipinski definition) is 4. The lowest BCUT2D eigenvalue weighted by molar-refractivity contribution is -0.688. The molecule has 0 saturated carbocycles. The third-order valence-electron chi connectivity index (χ3n) is 3.89. The van der Waals surface area contributed by atoms with Crippen molar-refractivity contribution in [2.24, 2.45) is 5.73 Å². The fourth-order valence-electron chi connectivity index (χ4n) is 2.72. The van der Waals surface area contributed by atoms with Gasteiger partial charge < -0.3 is 20.5 Å². The van der Waals surface area contributed by atoms with E-state index in [-0.39, 0.29) is 6.10 Å². The molecule has 3 amide bonds. The molecule has 0 aliphatic carbocycles. The summed E-state index contributed by atoms with van der Waals surface area (Å²) < 4.78 is 11.6. The molecule has 0 bridgehead atoms. The number of ether oxygens (including phenoxy) is 2. The number of para-hydroxylation sites is 2. The molecule has 1 aliphatic rings. The third-order valence-corrected chi connectivity index (χ3v) is 3.89. The van der Waals surface area contributed by atoms with Crippen molar-refractivity contribution in [3.05, 3.63) is 60.2 Å². The smallest absolute Gasteiger partial charge is 0.319 e. The molecule has 130 valence electrons. The Morgan fingerprint density at radius 1 is 1.12 bits per heavy atom. The minimum Gasteiger partial charge on any atom is -0.486 e. The number of imide groups is 1. The van der Waals surface area contributed by atoms with Gasteiger partial charge in [0.15, 0.2) is 23.6 Å². The molecule has 0 fully saturated rings. The van der Waals surface area contributed by atoms with E-state index in [0.717, 1.165) is 5.56 Å². The van der Waals surface area contributed by atoms with Crippen LogP contribution >= 0.6 is 0 Å². The first-order chi connectivity index (χ1) is 12.1. The first-order valence-electron chi connectivity index (χ1n) is 8.00. The van der Waals surface area contributed by atoms with Crippen molar-refractivity contribution in [1.82, 2.24) is 5.32 Å². The molecule has 0 spiro atoms. The second-order valence-electron chi connectivity index (χ2n) is 5.71. The Morgan fingerprint density at radius 3 is 2.52 bits per heavy atom. The molecule has 7 heteroatoms. The highest BCUT2D eigenvalue weighted by Crippen LogP contribution is 2.30. The van der Waals surface area contributed by atoms with Gasteiger partial charge in [-0.15, -0.1) is 0 Å². The van der Waals surface area contributed by atoms with Gasteiger partial charge in [0.1, 0.15) is 13.2 Å². The van der Waals surface area contributed by atoms with E-state index in [1.807, 2.05) is 59.9 Å². The number of benzene rings is 2. The van der Waals surface area contributed by atoms with Crippen molar-refractivity contribution >= 4 is 11.9 Å². The minimum absolute atomic E-state index is 0.206. The predicted octanol–water partition coefficient (Wildman–Crippen LogP) is 0.326. The standard InChI is InChI=1S/C18H19N3O4/c19-18(23)21-17(22)16(12-6-2-1-3-7-12)20-10-13-11-24-14-8-4-5-9-15(14)25-13/h1-9,13,16,20H,10-11H2,(H3,19,21,22,23)/p+1/t13-,16-/m1/s1. The Bertz CT molecular complexity index is 751. The second kappa shape index (κ2) is 7.67. The van der Waals surface area contributed by atoms with E-state index in [1.165, 1.54) is 0 Å². The summed E-state index contributed by atoms with van der Waals surface area (Å²) in [6, 6.07) is 15.2. The molecule has 0 saturated heterocycles. The Balaban J connectivity index is 1.67. The van der Waals surface area contributed by atoms with Gasteiger partial charge in [-0.05, 0) is 12.1 Å². The zero-order chi connectivity index (χ0) is 17.6. The molecule has 2 atom stereocenters. The predicted molar refractivity (Wildman–Crippen MR) is 90.1 cm³/mol. The van der Waals surface area contributed by atoms with E-state index in [2.05, 4.69) is 5.32 Å². The summed E-state index contributed by atoms with van der Waals surface area (Å²) in [4.78, 5) is 23.3. The Hall–Kier alpha value is -3.06. The van der Waals surface area contributed by atoms with Crippen molar-refractivity contribution in [3.8, 4) is 11.5 Å². The Kier molecular flexibility index (Phi) is 5.15. The summed E-state index contributed by atoms with van der Waals surface area (Å²) in [5, 5.41) is 3.96. The lowest BCUT2D eigenvalue weighted by Gasteiger charge is -2.26. The summed E-state index contributed by atoms with van der Waals surface area (Å²) in [5.74, 6) is 0.936. The molecule has 1 heterocycles. The first kappa shape index (κ1) is 16.8. The maximum absolute atomic E-state index is 12.3. The number of amides is 3. The fourth-order valence-corrected chi connectivity index (χ4v) is 2.72. The minimum atomic E-state index is -0.870. The van der Waals surface area contributed by atoms with Crippen LogP contribution in [0.15, 0.2) is 54.6 Å². The maximum atomic E-state index is 12.3. The molecule has 0 radical (unpaired) electrons. The number of quaternary nitrogens is 1. The van der Waals surface area contributed by atoms with Crippen LogP contribution in [-0.4, -0.2) is 31.2 Å². The normalized spacial score (nSPS) is 16.7. The maximum Gasteiger partial charge on any atom is 0.319 e. The molecule has 0 aromatic heterocycles. The van der Waals surface area contributed by atoms with Gasteiger partial charge in [-0.2, -0.15) is 0 Å². The van der Waals surface area contributed by atoms with Crippen molar-refractivity contribution in [2.45, 2.75) is 12.1 Å². The zero-order valence-electron chi connectivity index (χ0n) is 13.6. The van der Waals surface area contributed by atoms with E-state index in [4.69, 9.17) is 15.2 Å². The van der Waals surface area contributed by atoms with Crippen molar-refractivity contribution in [3.63, 3.8) is 0 Å². The molecule has 0 unspecified atom stereocenters. The second-order valence-corrected chi connectivity index (χ2v) is 5.71. The van der Waals surface area contributed by atoms with Gasteiger partial charge in [-0.25, -0.2) is 4.79 Å². The average molecular weight is 342 g/mol. The topological polar surface area (TPSA) is 107 Å². The van der Waals surface area contributed by atoms with E-state index in [0.29, 0.717) is 24.7 Å². The number of rotatable bonds is 5. The van der Waals surface area contributed by atoms with Gasteiger partial charge in [0.2, 0.25) is 0 Å². The van der Waals surface area contributed by atoms with Gasteiger partial charge in [-0.3, -0.25) is 10.1 Å². The number of carbonyl (C=O) groups excluding carboxylic acids is 2. The SMILES string of the molecule is NC(=O)NC(=O)[C@H]([NH2+]C[C@@H]1COc2ccccc2O1)c1ccccc1. The van der Waals surface area contributed by atoms with Gasteiger partial charge in [0, 0.05) is 5.56 Å². The number of nitrogens with two attached hydrogens (primary N) is 2. The van der Waals surface area contributed by atoms with Crippen LogP contribution < -0.4 is 25.8 Å². The number of urea groups is 1. The lowest BCUT2D eigenvalue weighted by atomic mass is 10.1. The molecule has 5 N–H and O–H groups in total. The van der Waals surface area contributed by atoms with Crippen LogP contribution in [0.2, 0.25) is 0 Å². The first-order valence-corrected chi connectivity index (χ1v) is 8.00. The molecular formula is C18H20N3O4+. The van der Waals surface area contributed by atoms with E-state index in [9.17, 15) is 9.59 Å². The van der Waals surface area contributed by atoms with Crippen LogP contribution in [0, 0.1) is 0 Å². The Labute approximate surface area is 145 Å². The van der Waals surface area contributed by atoms with Crippen molar-refractivity contribution < 1.29 is 24.4 Å². The molecule has 1 aliphatic heterocycles. The summed E-state index contributed by atoms with van der Waals surface area (Å²) in [6.45, 7) is 0.881. The molecular weight excluding hydrogens is 322 g/mol. The number of hydrogen-bond donors (Lipinski definition) is 3. The zero-order valence-corrected chi connectivity index (χ0v) is 13.6. The van der Waals surface area contributed by atoms with Gasteiger partial charge in [0.05, 0.1) is 0 Å². The van der Waals surface area contributed by atoms with Crippen LogP contribution in [0.1, 0.15) is 11.6 Å². The van der Waals surface area contributed by atoms with Crippen molar-refractivity contribution in [1.29, 1.82) is 0 Å². The highest BCUT2D eigenvalue weighted by molar-refractivity contribution is 5.96. The third kappa shape index (κ3) is 4.27. The quantitative estimate of drug-likeness (QED) is 0.727. The van der Waals surface area contributed by atoms with Crippen molar-refractivity contribution in [2.75, 3.05) is 13.2 Å². The summed E-state index contributed by atoms with van der Waals surface area (Å²) >= 11 is 0. The van der Waals surface area contributed by atoms with Crippen LogP contribution in [0.5, 0.6) is 11.5 Å². The molecule has 2 aromatic carbocycles. The monoisotopic (exact) mass is 342 g/mol. The van der Waals surface area contributed by atoms with Crippen LogP contribution in [0.3, 0.4) is 0 Å². The number of primary amides is 1. The van der Waals surface area contributed by atoms with Gasteiger partial charge in [-0.1, -0.05) is 42.5 Å². The van der Waals surface area contributed by atoms with Crippen LogP contribution in [0.4, 0.5) is 4.79 Å². The van der Waals surface area contributed by atoms with Crippen LogP contribution in [-0.2, 0) is 4.79 Å². The lowest BCUT2D eigenvalue weighted by Crippen LogP contribution is -2.90. The number of fused-ring (bicyclic) bond motifs is 1. The summed E-state index contributed by atoms with van der Waals surface area (Å²) in [5.41, 5.74) is 5.85. The van der Waals surface area contributed by atoms with E-state index < -0.39 is 18.0 Å². The number of nitrogens with one attached hydrogen (secondary N) is 1. The van der Waals surface area contributed by atoms with E-state index in [1.54, 1.807) is 0 Å². The largest absolute Gasteiger partial charge is 0.486 e. The van der Waals surface area contributed by atoms with E-state index >= 15 is 0 Å². The molecule has 3 rings (SSSR count). The van der Waals surface area contributed by atoms with Gasteiger partial charge >= 0.3 is 6.03 Å².